The van der Waals surface area contributed by atoms with Gasteiger partial charge in [0.15, 0.2) is 5.69 Å². The Kier molecular flexibility index (Phi) is 6.83. The molecule has 0 aliphatic heterocycles. The molecule has 9 nitrogen and oxygen atoms in total. The third-order valence-corrected chi connectivity index (χ3v) is 5.94. The monoisotopic (exact) mass is 472 g/mol. The zero-order chi connectivity index (χ0) is 24.9. The molecule has 1 unspecified atom stereocenters. The smallest absolute Gasteiger partial charge is 0.407 e. The van der Waals surface area contributed by atoms with E-state index < -0.39 is 24.0 Å². The first-order valence-corrected chi connectivity index (χ1v) is 11.0. The van der Waals surface area contributed by atoms with E-state index in [4.69, 9.17) is 11.2 Å². The number of amides is 2. The van der Waals surface area contributed by atoms with E-state index in [9.17, 15) is 19.5 Å². The van der Waals surface area contributed by atoms with Crippen LogP contribution in [0.2, 0.25) is 0 Å². The minimum absolute atomic E-state index is 0.0386. The summed E-state index contributed by atoms with van der Waals surface area (Å²) in [6.45, 7) is 0.0175. The van der Waals surface area contributed by atoms with Crippen molar-refractivity contribution in [3.8, 4) is 23.5 Å². The fourth-order valence-corrected chi connectivity index (χ4v) is 4.30. The SMILES string of the molecule is C#CCC(NC(=O)OCC1c2ccccc2-c2ccccc21)C(=O)NCc1cnn(C)c1C(=O)O. The number of carboxylic acid groups (broad SMARTS) is 1. The molecule has 2 aromatic carbocycles. The largest absolute Gasteiger partial charge is 0.477 e. The van der Waals surface area contributed by atoms with Crippen LogP contribution in [0.25, 0.3) is 11.1 Å². The van der Waals surface area contributed by atoms with E-state index in [1.54, 1.807) is 0 Å². The topological polar surface area (TPSA) is 123 Å². The number of alkyl carbamates (subject to hydrolysis) is 1. The number of rotatable bonds is 8. The van der Waals surface area contributed by atoms with Crippen LogP contribution in [0, 0.1) is 12.3 Å². The average Bonchev–Trinajstić information content (AvgIpc) is 3.38. The summed E-state index contributed by atoms with van der Waals surface area (Å²) in [7, 11) is 1.49. The van der Waals surface area contributed by atoms with Gasteiger partial charge < -0.3 is 20.5 Å². The van der Waals surface area contributed by atoms with E-state index in [1.165, 1.54) is 17.9 Å². The maximum Gasteiger partial charge on any atom is 0.407 e. The van der Waals surface area contributed by atoms with Gasteiger partial charge in [0.05, 0.1) is 6.20 Å². The van der Waals surface area contributed by atoms with Crippen molar-refractivity contribution in [2.45, 2.75) is 24.9 Å². The Bertz CT molecular complexity index is 1280. The molecule has 3 aromatic rings. The number of hydrogen-bond donors (Lipinski definition) is 3. The third kappa shape index (κ3) is 4.87. The molecule has 3 N–H and O–H groups in total. The molecular formula is C26H24N4O5. The molecule has 0 saturated heterocycles. The van der Waals surface area contributed by atoms with E-state index in [1.807, 2.05) is 48.5 Å². The van der Waals surface area contributed by atoms with Crippen LogP contribution >= 0.6 is 0 Å². The Balaban J connectivity index is 1.38. The zero-order valence-corrected chi connectivity index (χ0v) is 19.0. The van der Waals surface area contributed by atoms with Gasteiger partial charge in [-0.15, -0.1) is 12.3 Å². The Morgan fingerprint density at radius 3 is 2.37 bits per heavy atom. The first kappa shape index (κ1) is 23.6. The van der Waals surface area contributed by atoms with Gasteiger partial charge in [0, 0.05) is 31.5 Å². The van der Waals surface area contributed by atoms with Crippen molar-refractivity contribution >= 4 is 18.0 Å². The number of ether oxygens (including phenoxy) is 1. The highest BCUT2D eigenvalue weighted by atomic mass is 16.5. The summed E-state index contributed by atoms with van der Waals surface area (Å²) >= 11 is 0. The standard InChI is InChI=1S/C26H24N4O5/c1-3-8-22(24(31)27-13-16-14-28-30(2)23(16)25(32)33)29-26(34)35-15-21-19-11-6-4-9-17(19)18-10-5-7-12-20(18)21/h1,4-7,9-12,14,21-22H,8,13,15H2,2H3,(H,27,31)(H,29,34)(H,32,33). The molecule has 178 valence electrons. The van der Waals surface area contributed by atoms with Crippen LogP contribution in [-0.2, 0) is 23.1 Å². The molecule has 0 radical (unpaired) electrons. The predicted octanol–water partition coefficient (Wildman–Crippen LogP) is 2.67. The second kappa shape index (κ2) is 10.1. The average molecular weight is 473 g/mol. The van der Waals surface area contributed by atoms with Gasteiger partial charge in [0.2, 0.25) is 5.91 Å². The number of benzene rings is 2. The number of hydrogen-bond acceptors (Lipinski definition) is 5. The minimum Gasteiger partial charge on any atom is -0.477 e. The van der Waals surface area contributed by atoms with Gasteiger partial charge in [0.1, 0.15) is 12.6 Å². The Labute approximate surface area is 202 Å². The number of terminal acetylenes is 1. The van der Waals surface area contributed by atoms with E-state index in [-0.39, 0.29) is 31.2 Å². The third-order valence-electron chi connectivity index (χ3n) is 5.94. The first-order chi connectivity index (χ1) is 16.9. The van der Waals surface area contributed by atoms with Gasteiger partial charge in [-0.05, 0) is 22.3 Å². The van der Waals surface area contributed by atoms with Crippen LogP contribution in [-0.4, -0.2) is 45.5 Å². The van der Waals surface area contributed by atoms with Crippen molar-refractivity contribution in [2.75, 3.05) is 6.61 Å². The maximum absolute atomic E-state index is 12.7. The maximum atomic E-state index is 12.7. The molecule has 1 aromatic heterocycles. The summed E-state index contributed by atoms with van der Waals surface area (Å²) in [6, 6.07) is 14.9. The van der Waals surface area contributed by atoms with E-state index in [0.29, 0.717) is 5.56 Å². The molecule has 0 bridgehead atoms. The van der Waals surface area contributed by atoms with Crippen molar-refractivity contribution in [1.82, 2.24) is 20.4 Å². The molecule has 1 atom stereocenters. The molecule has 0 saturated carbocycles. The van der Waals surface area contributed by atoms with Gasteiger partial charge in [0.25, 0.3) is 0 Å². The van der Waals surface area contributed by atoms with Gasteiger partial charge in [-0.25, -0.2) is 9.59 Å². The second-order valence-corrected chi connectivity index (χ2v) is 8.10. The fraction of sp³-hybridized carbons (Fsp3) is 0.231. The summed E-state index contributed by atoms with van der Waals surface area (Å²) in [5.41, 5.74) is 4.66. The summed E-state index contributed by atoms with van der Waals surface area (Å²) in [6.07, 6.45) is 5.91. The lowest BCUT2D eigenvalue weighted by Crippen LogP contribution is -2.46. The molecule has 0 fully saturated rings. The summed E-state index contributed by atoms with van der Waals surface area (Å²) in [4.78, 5) is 36.6. The van der Waals surface area contributed by atoms with Crippen molar-refractivity contribution in [2.24, 2.45) is 7.05 Å². The van der Waals surface area contributed by atoms with Crippen LogP contribution in [0.3, 0.4) is 0 Å². The van der Waals surface area contributed by atoms with Crippen molar-refractivity contribution < 1.29 is 24.2 Å². The van der Waals surface area contributed by atoms with E-state index >= 15 is 0 Å². The molecule has 2 amide bonds. The van der Waals surface area contributed by atoms with Crippen LogP contribution in [0.4, 0.5) is 4.79 Å². The highest BCUT2D eigenvalue weighted by Gasteiger charge is 2.29. The van der Waals surface area contributed by atoms with Crippen LogP contribution < -0.4 is 10.6 Å². The molecule has 35 heavy (non-hydrogen) atoms. The lowest BCUT2D eigenvalue weighted by atomic mass is 9.98. The van der Waals surface area contributed by atoms with E-state index in [0.717, 1.165) is 22.3 Å². The van der Waals surface area contributed by atoms with Crippen LogP contribution in [0.5, 0.6) is 0 Å². The lowest BCUT2D eigenvalue weighted by Gasteiger charge is -2.18. The number of carbonyl (C=O) groups excluding carboxylic acids is 2. The summed E-state index contributed by atoms with van der Waals surface area (Å²) in [5.74, 6) is 0.530. The highest BCUT2D eigenvalue weighted by Crippen LogP contribution is 2.44. The lowest BCUT2D eigenvalue weighted by molar-refractivity contribution is -0.123. The first-order valence-electron chi connectivity index (χ1n) is 11.0. The minimum atomic E-state index is -1.16. The Morgan fingerprint density at radius 2 is 1.77 bits per heavy atom. The summed E-state index contributed by atoms with van der Waals surface area (Å²) < 4.78 is 6.70. The molecule has 4 rings (SSSR count). The van der Waals surface area contributed by atoms with E-state index in [2.05, 4.69) is 21.7 Å². The Hall–Kier alpha value is -4.58. The molecule has 1 heterocycles. The normalized spacial score (nSPS) is 12.7. The molecule has 0 spiro atoms. The van der Waals surface area contributed by atoms with Crippen molar-refractivity contribution in [3.63, 3.8) is 0 Å². The van der Waals surface area contributed by atoms with Crippen LogP contribution in [0.15, 0.2) is 54.7 Å². The molecule has 1 aliphatic rings. The van der Waals surface area contributed by atoms with Gasteiger partial charge in [-0.2, -0.15) is 5.10 Å². The fourth-order valence-electron chi connectivity index (χ4n) is 4.30. The highest BCUT2D eigenvalue weighted by molar-refractivity contribution is 5.88. The Morgan fingerprint density at radius 1 is 1.14 bits per heavy atom. The molecule has 9 heteroatoms. The number of fused-ring (bicyclic) bond motifs is 3. The van der Waals surface area contributed by atoms with Crippen molar-refractivity contribution in [3.05, 3.63) is 77.1 Å². The molecule has 1 aliphatic carbocycles. The quantitative estimate of drug-likeness (QED) is 0.433. The zero-order valence-electron chi connectivity index (χ0n) is 19.0. The number of nitrogens with one attached hydrogen (secondary N) is 2. The number of aryl methyl sites for hydroxylation is 1. The molecular weight excluding hydrogens is 448 g/mol. The number of nitrogens with zero attached hydrogens (tertiary/aromatic N) is 2. The van der Waals surface area contributed by atoms with Crippen LogP contribution in [0.1, 0.15) is 39.5 Å². The summed E-state index contributed by atoms with van der Waals surface area (Å²) in [5, 5.41) is 18.3. The van der Waals surface area contributed by atoms with Gasteiger partial charge >= 0.3 is 12.1 Å². The second-order valence-electron chi connectivity index (χ2n) is 8.10. The number of aromatic carboxylic acids is 1. The van der Waals surface area contributed by atoms with Gasteiger partial charge in [-0.3, -0.25) is 9.48 Å². The number of carbonyl (C=O) groups is 3. The number of carboxylic acids is 1. The van der Waals surface area contributed by atoms with Crippen molar-refractivity contribution in [1.29, 1.82) is 0 Å². The predicted molar refractivity (Wildman–Crippen MR) is 127 cm³/mol. The number of aromatic nitrogens is 2. The van der Waals surface area contributed by atoms with Gasteiger partial charge in [-0.1, -0.05) is 48.5 Å².